The molecule has 0 radical (unpaired) electrons. The summed E-state index contributed by atoms with van der Waals surface area (Å²) in [7, 11) is 8.38. The van der Waals surface area contributed by atoms with Gasteiger partial charge in [0.15, 0.2) is 11.5 Å². The third kappa shape index (κ3) is 6.34. The summed E-state index contributed by atoms with van der Waals surface area (Å²) in [6.45, 7) is 8.16. The summed E-state index contributed by atoms with van der Waals surface area (Å²) in [6, 6.07) is 4.09. The monoisotopic (exact) mass is 439 g/mol. The summed E-state index contributed by atoms with van der Waals surface area (Å²) in [5.41, 5.74) is 1.20. The molecular weight excluding hydrogens is 409 g/mol. The van der Waals surface area contributed by atoms with Gasteiger partial charge in [-0.25, -0.2) is 0 Å². The second-order valence-corrected chi connectivity index (χ2v) is 12.8. The number of nitrogens with zero attached hydrogens (tertiary/aromatic N) is 1. The third-order valence-electron chi connectivity index (χ3n) is 3.24. The van der Waals surface area contributed by atoms with Crippen molar-refractivity contribution in [3.63, 3.8) is 0 Å². The fourth-order valence-electron chi connectivity index (χ4n) is 3.06. The van der Waals surface area contributed by atoms with Crippen LogP contribution in [0.25, 0.3) is 0 Å². The smallest absolute Gasteiger partial charge is 0.203 e. The van der Waals surface area contributed by atoms with E-state index in [4.69, 9.17) is 14.2 Å². The highest BCUT2D eigenvalue weighted by Crippen LogP contribution is 2.38. The molecule has 0 spiro atoms. The topological polar surface area (TPSA) is 27.7 Å². The number of methoxy groups -OCH3 is 3. The normalized spacial score (nSPS) is 11.6. The molecule has 1 aromatic rings. The van der Waals surface area contributed by atoms with Crippen molar-refractivity contribution in [2.75, 3.05) is 41.6 Å². The summed E-state index contributed by atoms with van der Waals surface area (Å²) >= 11 is 0. The predicted octanol–water partition coefficient (Wildman–Crippen LogP) is 0.170. The average Bonchev–Trinajstić information content (AvgIpc) is 2.33. The first kappa shape index (κ1) is 21.5. The van der Waals surface area contributed by atoms with Crippen LogP contribution in [0.4, 0.5) is 0 Å². The van der Waals surface area contributed by atoms with Gasteiger partial charge >= 0.3 is 0 Å². The van der Waals surface area contributed by atoms with Gasteiger partial charge in [-0.3, -0.25) is 0 Å². The van der Waals surface area contributed by atoms with Gasteiger partial charge in [0.1, 0.15) is 14.6 Å². The van der Waals surface area contributed by atoms with Crippen LogP contribution >= 0.6 is 0 Å². The van der Waals surface area contributed by atoms with Crippen molar-refractivity contribution in [1.29, 1.82) is 0 Å². The highest BCUT2D eigenvalue weighted by atomic mass is 127. The maximum atomic E-state index is 5.43. The second kappa shape index (κ2) is 8.40. The second-order valence-electron chi connectivity index (χ2n) is 7.35. The molecule has 6 heteroatoms. The fraction of sp³-hybridized carbons (Fsp3) is 0.625. The van der Waals surface area contributed by atoms with Gasteiger partial charge in [-0.15, -0.1) is 0 Å². The molecule has 0 saturated heterocycles. The molecule has 1 rings (SSSR count). The first-order valence-electron chi connectivity index (χ1n) is 7.23. The molecule has 0 atom stereocenters. The Hall–Kier alpha value is -0.473. The molecule has 0 saturated carbocycles. The molecule has 0 N–H and O–H groups in total. The van der Waals surface area contributed by atoms with E-state index in [1.807, 2.05) is 12.1 Å². The zero-order chi connectivity index (χ0) is 16.3. The molecule has 0 fully saturated rings. The summed E-state index contributed by atoms with van der Waals surface area (Å²) in [5, 5.41) is 0. The first-order valence-corrected chi connectivity index (χ1v) is 10.9. The molecule has 0 aliphatic rings. The maximum absolute atomic E-state index is 5.43. The van der Waals surface area contributed by atoms with E-state index in [1.165, 1.54) is 11.7 Å². The van der Waals surface area contributed by atoms with E-state index in [2.05, 4.69) is 33.7 Å². The molecule has 1 aromatic carbocycles. The Morgan fingerprint density at radius 2 is 1.36 bits per heavy atom. The van der Waals surface area contributed by atoms with Crippen molar-refractivity contribution >= 4 is 8.07 Å². The Morgan fingerprint density at radius 1 is 0.909 bits per heavy atom. The molecule has 0 bridgehead atoms. The van der Waals surface area contributed by atoms with E-state index in [0.717, 1.165) is 22.5 Å². The molecule has 0 unspecified atom stereocenters. The highest BCUT2D eigenvalue weighted by Gasteiger charge is 2.27. The zero-order valence-electron chi connectivity index (χ0n) is 15.1. The molecule has 0 aromatic heterocycles. The molecule has 22 heavy (non-hydrogen) atoms. The minimum absolute atomic E-state index is 0. The lowest BCUT2D eigenvalue weighted by Crippen LogP contribution is -3.00. The van der Waals surface area contributed by atoms with E-state index < -0.39 is 8.07 Å². The van der Waals surface area contributed by atoms with Crippen molar-refractivity contribution < 1.29 is 42.7 Å². The maximum Gasteiger partial charge on any atom is 0.203 e. The van der Waals surface area contributed by atoms with Crippen LogP contribution in [0.15, 0.2) is 12.1 Å². The summed E-state index contributed by atoms with van der Waals surface area (Å²) < 4.78 is 17.2. The third-order valence-corrected chi connectivity index (χ3v) is 5.04. The molecular formula is C16H30INO3Si. The predicted molar refractivity (Wildman–Crippen MR) is 90.1 cm³/mol. The Kier molecular flexibility index (Phi) is 8.22. The van der Waals surface area contributed by atoms with Gasteiger partial charge in [0.2, 0.25) is 5.75 Å². The van der Waals surface area contributed by atoms with E-state index in [0.29, 0.717) is 5.75 Å². The first-order chi connectivity index (χ1) is 9.61. The van der Waals surface area contributed by atoms with Crippen molar-refractivity contribution in [2.24, 2.45) is 0 Å². The van der Waals surface area contributed by atoms with Crippen molar-refractivity contribution in [2.45, 2.75) is 26.2 Å². The van der Waals surface area contributed by atoms with Gasteiger partial charge in [0.05, 0.1) is 41.6 Å². The van der Waals surface area contributed by atoms with E-state index in [1.54, 1.807) is 21.3 Å². The van der Waals surface area contributed by atoms with Gasteiger partial charge in [-0.2, -0.15) is 0 Å². The largest absolute Gasteiger partial charge is 1.00 e. The minimum atomic E-state index is -1.12. The quantitative estimate of drug-likeness (QED) is 0.345. The van der Waals surface area contributed by atoms with Crippen LogP contribution in [0.1, 0.15) is 5.56 Å². The molecule has 0 aliphatic carbocycles. The lowest BCUT2D eigenvalue weighted by molar-refractivity contribution is -0.894. The van der Waals surface area contributed by atoms with Gasteiger partial charge in [0.25, 0.3) is 0 Å². The Balaban J connectivity index is 0.00000441. The average molecular weight is 439 g/mol. The van der Waals surface area contributed by atoms with Crippen LogP contribution < -0.4 is 38.2 Å². The number of quaternary nitrogens is 1. The van der Waals surface area contributed by atoms with Crippen LogP contribution in [0.3, 0.4) is 0 Å². The van der Waals surface area contributed by atoms with Crippen LogP contribution in [0.5, 0.6) is 17.2 Å². The van der Waals surface area contributed by atoms with E-state index >= 15 is 0 Å². The van der Waals surface area contributed by atoms with Crippen LogP contribution in [0, 0.1) is 0 Å². The van der Waals surface area contributed by atoms with Crippen molar-refractivity contribution in [3.05, 3.63) is 17.7 Å². The van der Waals surface area contributed by atoms with Gasteiger partial charge in [0, 0.05) is 5.56 Å². The number of ether oxygens (including phenoxy) is 3. The summed E-state index contributed by atoms with van der Waals surface area (Å²) in [5.74, 6) is 2.10. The minimum Gasteiger partial charge on any atom is -1.00 e. The molecule has 0 heterocycles. The molecule has 0 amide bonds. The molecule has 0 aliphatic heterocycles. The van der Waals surface area contributed by atoms with Crippen LogP contribution in [-0.4, -0.2) is 54.1 Å². The van der Waals surface area contributed by atoms with E-state index in [-0.39, 0.29) is 24.0 Å². The lowest BCUT2D eigenvalue weighted by Gasteiger charge is -2.35. The van der Waals surface area contributed by atoms with E-state index in [9.17, 15) is 0 Å². The van der Waals surface area contributed by atoms with Gasteiger partial charge < -0.3 is 42.7 Å². The number of benzene rings is 1. The number of hydrogen-bond donors (Lipinski definition) is 0. The molecule has 4 nitrogen and oxygen atoms in total. The van der Waals surface area contributed by atoms with Gasteiger partial charge in [-0.05, 0) is 12.1 Å². The highest BCUT2D eigenvalue weighted by molar-refractivity contribution is 6.75. The number of halogens is 1. The van der Waals surface area contributed by atoms with Crippen LogP contribution in [0.2, 0.25) is 19.6 Å². The Bertz CT molecular complexity index is 462. The van der Waals surface area contributed by atoms with Crippen molar-refractivity contribution in [1.82, 2.24) is 0 Å². The fourth-order valence-corrected chi connectivity index (χ4v) is 5.74. The standard InChI is InChI=1S/C16H30NO3Si.HI/c1-17(2,12-21(6,7)8)11-13-9-14(18-3)16(20-5)15(10-13)19-4;/h9-10H,11-12H2,1-8H3;1H/q+1;/p-1. The number of rotatable bonds is 7. The Morgan fingerprint density at radius 3 is 1.68 bits per heavy atom. The molecule has 128 valence electrons. The Labute approximate surface area is 153 Å². The lowest BCUT2D eigenvalue weighted by atomic mass is 10.1. The summed E-state index contributed by atoms with van der Waals surface area (Å²) in [6.07, 6.45) is 1.23. The zero-order valence-corrected chi connectivity index (χ0v) is 18.3. The van der Waals surface area contributed by atoms with Crippen molar-refractivity contribution in [3.8, 4) is 17.2 Å². The SMILES string of the molecule is COc1cc(C[N+](C)(C)C[Si](C)(C)C)cc(OC)c1OC.[I-]. The summed E-state index contributed by atoms with van der Waals surface area (Å²) in [4.78, 5) is 0. The van der Waals surface area contributed by atoms with Crippen LogP contribution in [-0.2, 0) is 6.54 Å². The number of hydrogen-bond acceptors (Lipinski definition) is 3. The van der Waals surface area contributed by atoms with Gasteiger partial charge in [-0.1, -0.05) is 19.6 Å².